The number of aryl methyl sites for hydroxylation is 1. The number of nitrogens with two attached hydrogens (primary N) is 1. The van der Waals surface area contributed by atoms with Crippen LogP contribution in [0.5, 0.6) is 0 Å². The Balaban J connectivity index is 1.67. The van der Waals surface area contributed by atoms with Crippen LogP contribution in [0.4, 0.5) is 0 Å². The molecule has 3 rings (SSSR count). The first-order valence-electron chi connectivity index (χ1n) is 8.53. The number of rotatable bonds is 6. The van der Waals surface area contributed by atoms with Crippen molar-refractivity contribution in [3.8, 4) is 0 Å². The number of nitrogens with one attached hydrogen (secondary N) is 1. The molecule has 132 valence electrons. The minimum absolute atomic E-state index is 0.0324. The fourth-order valence-electron chi connectivity index (χ4n) is 3.17. The molecule has 2 amide bonds. The Labute approximate surface area is 147 Å². The quantitative estimate of drug-likeness (QED) is 0.843. The lowest BCUT2D eigenvalue weighted by Crippen LogP contribution is -2.36. The summed E-state index contributed by atoms with van der Waals surface area (Å²) in [6, 6.07) is 10.3. The molecule has 0 aliphatic carbocycles. The molecule has 25 heavy (non-hydrogen) atoms. The summed E-state index contributed by atoms with van der Waals surface area (Å²) in [5, 5.41) is 2.98. The molecule has 1 saturated heterocycles. The first kappa shape index (κ1) is 17.2. The second-order valence-corrected chi connectivity index (χ2v) is 6.36. The van der Waals surface area contributed by atoms with E-state index < -0.39 is 5.91 Å². The lowest BCUT2D eigenvalue weighted by atomic mass is 10.1. The Morgan fingerprint density at radius 1 is 1.12 bits per heavy atom. The number of amides is 2. The van der Waals surface area contributed by atoms with Gasteiger partial charge in [0.25, 0.3) is 5.91 Å². The van der Waals surface area contributed by atoms with Gasteiger partial charge in [-0.1, -0.05) is 0 Å². The Hall–Kier alpha value is -2.60. The largest absolute Gasteiger partial charge is 0.465 e. The topological polar surface area (TPSA) is 88.6 Å². The maximum Gasteiger partial charge on any atom is 0.251 e. The third-order valence-corrected chi connectivity index (χ3v) is 4.56. The first-order chi connectivity index (χ1) is 12.0. The van der Waals surface area contributed by atoms with Crippen molar-refractivity contribution in [2.45, 2.75) is 25.8 Å². The zero-order valence-electron chi connectivity index (χ0n) is 14.3. The second kappa shape index (κ2) is 7.53. The van der Waals surface area contributed by atoms with E-state index in [0.29, 0.717) is 17.7 Å². The van der Waals surface area contributed by atoms with Gasteiger partial charge in [0, 0.05) is 17.7 Å². The van der Waals surface area contributed by atoms with Crippen LogP contribution in [0.15, 0.2) is 40.8 Å². The number of primary amides is 1. The van der Waals surface area contributed by atoms with Gasteiger partial charge in [0.15, 0.2) is 0 Å². The molecule has 1 aromatic carbocycles. The highest BCUT2D eigenvalue weighted by atomic mass is 16.3. The normalized spacial score (nSPS) is 15.9. The molecular weight excluding hydrogens is 318 g/mol. The monoisotopic (exact) mass is 341 g/mol. The van der Waals surface area contributed by atoms with Crippen molar-refractivity contribution in [1.29, 1.82) is 0 Å². The highest BCUT2D eigenvalue weighted by molar-refractivity contribution is 5.97. The maximum atomic E-state index is 12.4. The summed E-state index contributed by atoms with van der Waals surface area (Å²) in [6.07, 6.45) is 2.33. The molecule has 1 aliphatic heterocycles. The van der Waals surface area contributed by atoms with Gasteiger partial charge in [-0.15, -0.1) is 0 Å². The Bertz CT molecular complexity index is 746. The Kier molecular flexibility index (Phi) is 5.19. The van der Waals surface area contributed by atoms with Crippen LogP contribution in [0.1, 0.15) is 51.1 Å². The average molecular weight is 341 g/mol. The molecule has 1 atom stereocenters. The summed E-state index contributed by atoms with van der Waals surface area (Å²) in [5.74, 6) is 1.06. The number of carbonyl (C=O) groups excluding carboxylic acids is 2. The van der Waals surface area contributed by atoms with Crippen LogP contribution in [0, 0.1) is 6.92 Å². The molecule has 2 heterocycles. The first-order valence-corrected chi connectivity index (χ1v) is 8.53. The van der Waals surface area contributed by atoms with E-state index in [1.165, 1.54) is 12.8 Å². The predicted molar refractivity (Wildman–Crippen MR) is 94.3 cm³/mol. The van der Waals surface area contributed by atoms with Crippen LogP contribution in [0.25, 0.3) is 0 Å². The van der Waals surface area contributed by atoms with E-state index in [1.807, 2.05) is 19.1 Å². The van der Waals surface area contributed by atoms with Gasteiger partial charge in [-0.05, 0) is 69.3 Å². The lowest BCUT2D eigenvalue weighted by Gasteiger charge is -2.26. The SMILES string of the molecule is Cc1ccc([C@H](CNC(=O)c2ccc(C(N)=O)cc2)N2CCCC2)o1. The number of benzene rings is 1. The van der Waals surface area contributed by atoms with E-state index in [0.717, 1.165) is 24.6 Å². The summed E-state index contributed by atoms with van der Waals surface area (Å²) < 4.78 is 5.79. The van der Waals surface area contributed by atoms with Crippen LogP contribution in [0.3, 0.4) is 0 Å². The van der Waals surface area contributed by atoms with Crippen LogP contribution < -0.4 is 11.1 Å². The number of hydrogen-bond donors (Lipinski definition) is 2. The summed E-state index contributed by atoms with van der Waals surface area (Å²) in [5.41, 5.74) is 6.11. The molecule has 6 heteroatoms. The van der Waals surface area contributed by atoms with E-state index in [9.17, 15) is 9.59 Å². The third-order valence-electron chi connectivity index (χ3n) is 4.56. The number of furan rings is 1. The molecule has 0 spiro atoms. The number of nitrogens with zero attached hydrogens (tertiary/aromatic N) is 1. The van der Waals surface area contributed by atoms with E-state index in [4.69, 9.17) is 10.2 Å². The molecule has 0 saturated carbocycles. The lowest BCUT2D eigenvalue weighted by molar-refractivity contribution is 0.0931. The van der Waals surface area contributed by atoms with Gasteiger partial charge in [-0.25, -0.2) is 0 Å². The smallest absolute Gasteiger partial charge is 0.251 e. The zero-order valence-corrected chi connectivity index (χ0v) is 14.3. The van der Waals surface area contributed by atoms with Crippen LogP contribution >= 0.6 is 0 Å². The number of hydrogen-bond acceptors (Lipinski definition) is 4. The fourth-order valence-corrected chi connectivity index (χ4v) is 3.17. The van der Waals surface area contributed by atoms with Crippen molar-refractivity contribution in [1.82, 2.24) is 10.2 Å². The van der Waals surface area contributed by atoms with E-state index in [1.54, 1.807) is 24.3 Å². The van der Waals surface area contributed by atoms with Crippen molar-refractivity contribution < 1.29 is 14.0 Å². The number of carbonyl (C=O) groups is 2. The Morgan fingerprint density at radius 2 is 1.76 bits per heavy atom. The van der Waals surface area contributed by atoms with E-state index >= 15 is 0 Å². The molecule has 6 nitrogen and oxygen atoms in total. The molecular formula is C19H23N3O3. The van der Waals surface area contributed by atoms with Crippen molar-refractivity contribution >= 4 is 11.8 Å². The summed E-state index contributed by atoms with van der Waals surface area (Å²) in [6.45, 7) is 4.41. The molecule has 0 unspecified atom stereocenters. The molecule has 0 bridgehead atoms. The highest BCUT2D eigenvalue weighted by Gasteiger charge is 2.26. The molecule has 2 aromatic rings. The van der Waals surface area contributed by atoms with Gasteiger partial charge in [0.1, 0.15) is 11.5 Å². The van der Waals surface area contributed by atoms with Gasteiger partial charge < -0.3 is 15.5 Å². The van der Waals surface area contributed by atoms with Gasteiger partial charge in [0.05, 0.1) is 6.04 Å². The van der Waals surface area contributed by atoms with E-state index in [-0.39, 0.29) is 11.9 Å². The predicted octanol–water partition coefficient (Wildman–Crippen LogP) is 2.25. The van der Waals surface area contributed by atoms with Crippen molar-refractivity contribution in [3.05, 3.63) is 59.0 Å². The van der Waals surface area contributed by atoms with Crippen LogP contribution in [0.2, 0.25) is 0 Å². The minimum atomic E-state index is -0.505. The summed E-state index contributed by atoms with van der Waals surface area (Å²) in [4.78, 5) is 25.9. The molecule has 0 radical (unpaired) electrons. The second-order valence-electron chi connectivity index (χ2n) is 6.36. The summed E-state index contributed by atoms with van der Waals surface area (Å²) in [7, 11) is 0. The molecule has 3 N–H and O–H groups in total. The van der Waals surface area contributed by atoms with Gasteiger partial charge in [-0.2, -0.15) is 0 Å². The molecule has 1 aromatic heterocycles. The standard InChI is InChI=1S/C19H23N3O3/c1-13-4-9-17(25-13)16(22-10-2-3-11-22)12-21-19(24)15-7-5-14(6-8-15)18(20)23/h4-9,16H,2-3,10-12H2,1H3,(H2,20,23)(H,21,24)/t16-/m0/s1. The molecule has 1 aliphatic rings. The highest BCUT2D eigenvalue weighted by Crippen LogP contribution is 2.26. The fraction of sp³-hybridized carbons (Fsp3) is 0.368. The van der Waals surface area contributed by atoms with E-state index in [2.05, 4.69) is 10.2 Å². The van der Waals surface area contributed by atoms with Crippen molar-refractivity contribution in [2.24, 2.45) is 5.73 Å². The van der Waals surface area contributed by atoms with Gasteiger partial charge in [-0.3, -0.25) is 14.5 Å². The van der Waals surface area contributed by atoms with Crippen molar-refractivity contribution in [3.63, 3.8) is 0 Å². The maximum absolute atomic E-state index is 12.4. The van der Waals surface area contributed by atoms with Crippen LogP contribution in [-0.2, 0) is 0 Å². The third kappa shape index (κ3) is 4.09. The van der Waals surface area contributed by atoms with Crippen LogP contribution in [-0.4, -0.2) is 36.3 Å². The van der Waals surface area contributed by atoms with Gasteiger partial charge in [0.2, 0.25) is 5.91 Å². The minimum Gasteiger partial charge on any atom is -0.465 e. The van der Waals surface area contributed by atoms with Gasteiger partial charge >= 0.3 is 0 Å². The van der Waals surface area contributed by atoms with Crippen molar-refractivity contribution in [2.75, 3.05) is 19.6 Å². The zero-order chi connectivity index (χ0) is 17.8. The average Bonchev–Trinajstić information content (AvgIpc) is 3.27. The number of likely N-dealkylation sites (tertiary alicyclic amines) is 1. The summed E-state index contributed by atoms with van der Waals surface area (Å²) >= 11 is 0. The molecule has 1 fully saturated rings. The Morgan fingerprint density at radius 3 is 2.32 bits per heavy atom.